The Labute approximate surface area is 122 Å². The number of aryl methyl sites for hydroxylation is 1. The predicted molar refractivity (Wildman–Crippen MR) is 80.1 cm³/mol. The van der Waals surface area contributed by atoms with Crippen LogP contribution in [0.2, 0.25) is 0 Å². The van der Waals surface area contributed by atoms with Crippen molar-refractivity contribution in [3.63, 3.8) is 0 Å². The Hall–Kier alpha value is -2.17. The number of anilines is 1. The van der Waals surface area contributed by atoms with E-state index in [1.165, 1.54) is 16.7 Å². The number of aromatic nitrogens is 2. The summed E-state index contributed by atoms with van der Waals surface area (Å²) in [6, 6.07) is 8.25. The highest BCUT2D eigenvalue weighted by Crippen LogP contribution is 2.35. The molecule has 1 saturated heterocycles. The minimum Gasteiger partial charge on any atom is -0.355 e. The smallest absolute Gasteiger partial charge is 0.255 e. The second-order valence-electron chi connectivity index (χ2n) is 5.94. The molecule has 3 rings (SSSR count). The second kappa shape index (κ2) is 4.98. The quantitative estimate of drug-likeness (QED) is 0.849. The molecule has 1 atom stereocenters. The van der Waals surface area contributed by atoms with Crippen molar-refractivity contribution >= 4 is 5.82 Å². The Morgan fingerprint density at radius 2 is 2.00 bits per heavy atom. The van der Waals surface area contributed by atoms with Crippen molar-refractivity contribution < 1.29 is 4.39 Å². The molecule has 1 fully saturated rings. The third kappa shape index (κ3) is 2.55. The Balaban J connectivity index is 1.85. The molecule has 4 nitrogen and oxygen atoms in total. The molecule has 1 aliphatic rings. The first kappa shape index (κ1) is 13.8. The minimum atomic E-state index is -0.217. The molecule has 5 heteroatoms. The van der Waals surface area contributed by atoms with Crippen molar-refractivity contribution in [3.8, 4) is 0 Å². The largest absolute Gasteiger partial charge is 0.355 e. The first-order valence-electron chi connectivity index (χ1n) is 7.02. The average Bonchev–Trinajstić information content (AvgIpc) is 2.86. The van der Waals surface area contributed by atoms with Crippen LogP contribution < -0.4 is 10.5 Å². The topological polar surface area (TPSA) is 38.1 Å². The maximum absolute atomic E-state index is 13.1. The number of hydrogen-bond donors (Lipinski definition) is 0. The van der Waals surface area contributed by atoms with Gasteiger partial charge in [0.1, 0.15) is 11.6 Å². The van der Waals surface area contributed by atoms with E-state index in [0.717, 1.165) is 25.1 Å². The van der Waals surface area contributed by atoms with Gasteiger partial charge in [-0.25, -0.2) is 9.37 Å². The molecule has 0 radical (unpaired) electrons. The van der Waals surface area contributed by atoms with E-state index in [4.69, 9.17) is 0 Å². The van der Waals surface area contributed by atoms with E-state index in [1.807, 2.05) is 12.1 Å². The van der Waals surface area contributed by atoms with E-state index in [1.54, 1.807) is 19.4 Å². The number of halogens is 1. The lowest BCUT2D eigenvalue weighted by Gasteiger charge is -2.25. The van der Waals surface area contributed by atoms with Crippen LogP contribution in [0.25, 0.3) is 0 Å². The molecule has 0 amide bonds. The lowest BCUT2D eigenvalue weighted by atomic mass is 9.82. The molecule has 0 saturated carbocycles. The zero-order chi connectivity index (χ0) is 15.0. The number of nitrogens with zero attached hydrogens (tertiary/aromatic N) is 3. The summed E-state index contributed by atoms with van der Waals surface area (Å²) in [6.07, 6.45) is 2.50. The number of rotatable bonds is 2. The van der Waals surface area contributed by atoms with Gasteiger partial charge in [-0.3, -0.25) is 4.79 Å². The fraction of sp³-hybridized carbons (Fsp3) is 0.375. The summed E-state index contributed by atoms with van der Waals surface area (Å²) in [5.41, 5.74) is 1.02. The van der Waals surface area contributed by atoms with Crippen LogP contribution in [0, 0.1) is 5.82 Å². The molecule has 110 valence electrons. The van der Waals surface area contributed by atoms with Crippen molar-refractivity contribution in [2.24, 2.45) is 7.05 Å². The van der Waals surface area contributed by atoms with Gasteiger partial charge < -0.3 is 9.47 Å². The fourth-order valence-electron chi connectivity index (χ4n) is 2.87. The molecular formula is C16H18FN3O. The van der Waals surface area contributed by atoms with Crippen LogP contribution in [0.15, 0.2) is 41.5 Å². The maximum atomic E-state index is 13.1. The van der Waals surface area contributed by atoms with Gasteiger partial charge >= 0.3 is 0 Å². The van der Waals surface area contributed by atoms with Crippen molar-refractivity contribution in [2.75, 3.05) is 18.0 Å². The summed E-state index contributed by atoms with van der Waals surface area (Å²) in [6.45, 7) is 3.79. The van der Waals surface area contributed by atoms with Gasteiger partial charge in [0.25, 0.3) is 5.56 Å². The van der Waals surface area contributed by atoms with Crippen LogP contribution in [-0.2, 0) is 12.5 Å². The first-order valence-corrected chi connectivity index (χ1v) is 7.02. The highest BCUT2D eigenvalue weighted by molar-refractivity contribution is 5.42. The third-order valence-electron chi connectivity index (χ3n) is 4.30. The molecule has 2 heterocycles. The highest BCUT2D eigenvalue weighted by atomic mass is 19.1. The molecule has 1 unspecified atom stereocenters. The van der Waals surface area contributed by atoms with Gasteiger partial charge in [0, 0.05) is 31.6 Å². The molecule has 0 N–H and O–H groups in total. The van der Waals surface area contributed by atoms with Crippen molar-refractivity contribution in [1.29, 1.82) is 0 Å². The summed E-state index contributed by atoms with van der Waals surface area (Å²) < 4.78 is 14.5. The van der Waals surface area contributed by atoms with Crippen LogP contribution in [0.1, 0.15) is 18.9 Å². The van der Waals surface area contributed by atoms with Crippen molar-refractivity contribution in [1.82, 2.24) is 9.55 Å². The molecule has 0 bridgehead atoms. The molecule has 0 aliphatic carbocycles. The van der Waals surface area contributed by atoms with Crippen molar-refractivity contribution in [2.45, 2.75) is 18.8 Å². The van der Waals surface area contributed by atoms with Gasteiger partial charge in [0.05, 0.1) is 6.33 Å². The molecule has 1 aromatic heterocycles. The minimum absolute atomic E-state index is 0.0452. The molecule has 2 aromatic rings. The van der Waals surface area contributed by atoms with Gasteiger partial charge in [-0.05, 0) is 24.1 Å². The van der Waals surface area contributed by atoms with Gasteiger partial charge in [-0.1, -0.05) is 19.1 Å². The average molecular weight is 287 g/mol. The highest BCUT2D eigenvalue weighted by Gasteiger charge is 2.36. The van der Waals surface area contributed by atoms with Gasteiger partial charge in [0.2, 0.25) is 0 Å². The summed E-state index contributed by atoms with van der Waals surface area (Å²) >= 11 is 0. The summed E-state index contributed by atoms with van der Waals surface area (Å²) in [4.78, 5) is 18.2. The van der Waals surface area contributed by atoms with E-state index in [-0.39, 0.29) is 16.8 Å². The van der Waals surface area contributed by atoms with E-state index < -0.39 is 0 Å². The van der Waals surface area contributed by atoms with E-state index in [0.29, 0.717) is 5.82 Å². The molecule has 21 heavy (non-hydrogen) atoms. The lowest BCUT2D eigenvalue weighted by Crippen LogP contribution is -2.30. The van der Waals surface area contributed by atoms with Gasteiger partial charge in [0.15, 0.2) is 0 Å². The van der Waals surface area contributed by atoms with Crippen LogP contribution in [0.4, 0.5) is 10.2 Å². The van der Waals surface area contributed by atoms with Crippen LogP contribution in [0.3, 0.4) is 0 Å². The Morgan fingerprint density at radius 3 is 2.67 bits per heavy atom. The zero-order valence-electron chi connectivity index (χ0n) is 12.2. The maximum Gasteiger partial charge on any atom is 0.255 e. The number of benzene rings is 1. The van der Waals surface area contributed by atoms with Crippen LogP contribution >= 0.6 is 0 Å². The Morgan fingerprint density at radius 1 is 1.29 bits per heavy atom. The first-order chi connectivity index (χ1) is 9.98. The Kier molecular flexibility index (Phi) is 3.27. The van der Waals surface area contributed by atoms with Crippen molar-refractivity contribution in [3.05, 3.63) is 58.4 Å². The molecule has 0 spiro atoms. The third-order valence-corrected chi connectivity index (χ3v) is 4.30. The number of hydrogen-bond acceptors (Lipinski definition) is 3. The summed E-state index contributed by atoms with van der Waals surface area (Å²) in [7, 11) is 1.69. The van der Waals surface area contributed by atoms with E-state index in [9.17, 15) is 9.18 Å². The van der Waals surface area contributed by atoms with Crippen LogP contribution in [-0.4, -0.2) is 22.6 Å². The zero-order valence-corrected chi connectivity index (χ0v) is 12.2. The van der Waals surface area contributed by atoms with E-state index in [2.05, 4.69) is 16.8 Å². The Bertz CT molecular complexity index is 710. The molecule has 1 aromatic carbocycles. The lowest BCUT2D eigenvalue weighted by molar-refractivity contribution is 0.528. The van der Waals surface area contributed by atoms with Gasteiger partial charge in [-0.15, -0.1) is 0 Å². The normalized spacial score (nSPS) is 21.8. The summed E-state index contributed by atoms with van der Waals surface area (Å²) in [5.74, 6) is 0.495. The molecule has 1 aliphatic heterocycles. The van der Waals surface area contributed by atoms with Gasteiger partial charge in [-0.2, -0.15) is 0 Å². The standard InChI is InChI=1S/C16H18FN3O/c1-16(12-3-5-13(17)6-4-12)7-8-20(10-16)14-9-15(21)19(2)11-18-14/h3-6,9,11H,7-8,10H2,1-2H3. The second-order valence-corrected chi connectivity index (χ2v) is 5.94. The predicted octanol–water partition coefficient (Wildman–Crippen LogP) is 2.09. The SMILES string of the molecule is Cn1cnc(N2CCC(C)(c3ccc(F)cc3)C2)cc1=O. The molecular weight excluding hydrogens is 269 g/mol. The summed E-state index contributed by atoms with van der Waals surface area (Å²) in [5, 5.41) is 0. The van der Waals surface area contributed by atoms with Crippen LogP contribution in [0.5, 0.6) is 0 Å². The van der Waals surface area contributed by atoms with E-state index >= 15 is 0 Å². The fourth-order valence-corrected chi connectivity index (χ4v) is 2.87. The monoisotopic (exact) mass is 287 g/mol.